The summed E-state index contributed by atoms with van der Waals surface area (Å²) in [6.45, 7) is 7.85. The van der Waals surface area contributed by atoms with Gasteiger partial charge in [0.1, 0.15) is 6.61 Å². The van der Waals surface area contributed by atoms with E-state index in [0.29, 0.717) is 37.8 Å². The van der Waals surface area contributed by atoms with Gasteiger partial charge in [-0.05, 0) is 30.7 Å². The van der Waals surface area contributed by atoms with Crippen molar-refractivity contribution in [3.8, 4) is 11.5 Å². The maximum Gasteiger partial charge on any atom is 0.246 e. The van der Waals surface area contributed by atoms with Gasteiger partial charge in [-0.2, -0.15) is 0 Å². The predicted octanol–water partition coefficient (Wildman–Crippen LogP) is 2.52. The molecule has 1 aromatic rings. The lowest BCUT2D eigenvalue weighted by molar-refractivity contribution is -0.132. The smallest absolute Gasteiger partial charge is 0.246 e. The van der Waals surface area contributed by atoms with Crippen molar-refractivity contribution in [3.05, 3.63) is 42.5 Å². The maximum absolute atomic E-state index is 12.2. The van der Waals surface area contributed by atoms with E-state index in [1.807, 2.05) is 25.1 Å². The Hall–Kier alpha value is -2.27. The Labute approximate surface area is 137 Å². The second-order valence-electron chi connectivity index (χ2n) is 5.31. The van der Waals surface area contributed by atoms with Crippen LogP contribution in [-0.4, -0.2) is 50.3 Å². The average molecular weight is 317 g/mol. The standard InChI is InChI=1S/C18H23NO4/c1-4-10-23-16-7-5-15(12-17(16)21-3)6-8-18(20)19-9-11-22-14(2)13-19/h4-8,12,14H,1,9-11,13H2,2-3H3/b8-6+. The summed E-state index contributed by atoms with van der Waals surface area (Å²) in [6, 6.07) is 5.54. The highest BCUT2D eigenvalue weighted by atomic mass is 16.5. The van der Waals surface area contributed by atoms with Crippen LogP contribution in [0.2, 0.25) is 0 Å². The molecule has 1 unspecified atom stereocenters. The van der Waals surface area contributed by atoms with Crippen molar-refractivity contribution in [2.45, 2.75) is 13.0 Å². The molecule has 0 radical (unpaired) electrons. The summed E-state index contributed by atoms with van der Waals surface area (Å²) in [5.74, 6) is 1.27. The molecule has 124 valence electrons. The molecule has 0 aromatic heterocycles. The Balaban J connectivity index is 2.03. The number of nitrogens with zero attached hydrogens (tertiary/aromatic N) is 1. The fourth-order valence-electron chi connectivity index (χ4n) is 2.35. The van der Waals surface area contributed by atoms with Crippen LogP contribution in [-0.2, 0) is 9.53 Å². The quantitative estimate of drug-likeness (QED) is 0.597. The van der Waals surface area contributed by atoms with Crippen LogP contribution in [0, 0.1) is 0 Å². The molecule has 0 bridgehead atoms. The van der Waals surface area contributed by atoms with Gasteiger partial charge in [-0.1, -0.05) is 18.7 Å². The number of hydrogen-bond donors (Lipinski definition) is 0. The summed E-state index contributed by atoms with van der Waals surface area (Å²) >= 11 is 0. The topological polar surface area (TPSA) is 48.0 Å². The number of ether oxygens (including phenoxy) is 3. The van der Waals surface area contributed by atoms with Gasteiger partial charge in [0.05, 0.1) is 19.8 Å². The van der Waals surface area contributed by atoms with Crippen LogP contribution in [0.1, 0.15) is 12.5 Å². The Morgan fingerprint density at radius 1 is 1.48 bits per heavy atom. The van der Waals surface area contributed by atoms with Crippen LogP contribution in [0.4, 0.5) is 0 Å². The Morgan fingerprint density at radius 3 is 3.00 bits per heavy atom. The molecule has 2 rings (SSSR count). The summed E-state index contributed by atoms with van der Waals surface area (Å²) in [6.07, 6.45) is 5.12. The average Bonchev–Trinajstić information content (AvgIpc) is 2.58. The summed E-state index contributed by atoms with van der Waals surface area (Å²) in [5, 5.41) is 0. The van der Waals surface area contributed by atoms with Crippen LogP contribution < -0.4 is 9.47 Å². The van der Waals surface area contributed by atoms with Crippen LogP contribution >= 0.6 is 0 Å². The molecule has 0 N–H and O–H groups in total. The van der Waals surface area contributed by atoms with E-state index in [4.69, 9.17) is 14.2 Å². The van der Waals surface area contributed by atoms with E-state index < -0.39 is 0 Å². The number of carbonyl (C=O) groups is 1. The van der Waals surface area contributed by atoms with Gasteiger partial charge in [-0.15, -0.1) is 0 Å². The zero-order valence-corrected chi connectivity index (χ0v) is 13.7. The number of carbonyl (C=O) groups excluding carboxylic acids is 1. The SMILES string of the molecule is C=CCOc1ccc(/C=C/C(=O)N2CCOC(C)C2)cc1OC. The lowest BCUT2D eigenvalue weighted by atomic mass is 10.2. The lowest BCUT2D eigenvalue weighted by Crippen LogP contribution is -2.43. The van der Waals surface area contributed by atoms with Crippen LogP contribution in [0.25, 0.3) is 6.08 Å². The molecule has 1 saturated heterocycles. The van der Waals surface area contributed by atoms with Crippen molar-refractivity contribution in [1.82, 2.24) is 4.90 Å². The first-order valence-electron chi connectivity index (χ1n) is 7.64. The molecule has 1 aromatic carbocycles. The highest BCUT2D eigenvalue weighted by molar-refractivity contribution is 5.92. The molecule has 23 heavy (non-hydrogen) atoms. The summed E-state index contributed by atoms with van der Waals surface area (Å²) < 4.78 is 16.3. The zero-order chi connectivity index (χ0) is 16.7. The van der Waals surface area contributed by atoms with E-state index >= 15 is 0 Å². The summed E-state index contributed by atoms with van der Waals surface area (Å²) in [4.78, 5) is 14.0. The van der Waals surface area contributed by atoms with E-state index in [1.54, 1.807) is 30.2 Å². The van der Waals surface area contributed by atoms with Crippen LogP contribution in [0.3, 0.4) is 0 Å². The van der Waals surface area contributed by atoms with Gasteiger partial charge >= 0.3 is 0 Å². The molecular weight excluding hydrogens is 294 g/mol. The molecule has 5 heteroatoms. The highest BCUT2D eigenvalue weighted by Crippen LogP contribution is 2.28. The monoisotopic (exact) mass is 317 g/mol. The largest absolute Gasteiger partial charge is 0.493 e. The van der Waals surface area contributed by atoms with E-state index in [0.717, 1.165) is 5.56 Å². The third-order valence-electron chi connectivity index (χ3n) is 3.52. The summed E-state index contributed by atoms with van der Waals surface area (Å²) in [5.41, 5.74) is 0.877. The molecule has 5 nitrogen and oxygen atoms in total. The van der Waals surface area contributed by atoms with Crippen molar-refractivity contribution >= 4 is 12.0 Å². The molecule has 0 aliphatic carbocycles. The van der Waals surface area contributed by atoms with Gasteiger partial charge in [0.15, 0.2) is 11.5 Å². The molecule has 1 fully saturated rings. The first-order valence-corrected chi connectivity index (χ1v) is 7.64. The number of amides is 1. The Morgan fingerprint density at radius 2 is 2.30 bits per heavy atom. The second-order valence-corrected chi connectivity index (χ2v) is 5.31. The minimum absolute atomic E-state index is 0.00824. The number of morpholine rings is 1. The van der Waals surface area contributed by atoms with Crippen LogP contribution in [0.15, 0.2) is 36.9 Å². The normalized spacial score (nSPS) is 18.0. The van der Waals surface area contributed by atoms with Crippen molar-refractivity contribution in [2.24, 2.45) is 0 Å². The fraction of sp³-hybridized carbons (Fsp3) is 0.389. The minimum atomic E-state index is -0.00824. The number of hydrogen-bond acceptors (Lipinski definition) is 4. The molecule has 0 saturated carbocycles. The molecule has 1 aliphatic heterocycles. The van der Waals surface area contributed by atoms with Gasteiger partial charge < -0.3 is 19.1 Å². The number of methoxy groups -OCH3 is 1. The van der Waals surface area contributed by atoms with E-state index in [-0.39, 0.29) is 12.0 Å². The molecule has 1 atom stereocenters. The van der Waals surface area contributed by atoms with Crippen molar-refractivity contribution in [3.63, 3.8) is 0 Å². The van der Waals surface area contributed by atoms with Gasteiger partial charge in [0.2, 0.25) is 5.91 Å². The third kappa shape index (κ3) is 4.86. The maximum atomic E-state index is 12.2. The van der Waals surface area contributed by atoms with Crippen molar-refractivity contribution in [1.29, 1.82) is 0 Å². The van der Waals surface area contributed by atoms with Crippen LogP contribution in [0.5, 0.6) is 11.5 Å². The molecule has 0 spiro atoms. The van der Waals surface area contributed by atoms with Gasteiger partial charge in [0, 0.05) is 19.2 Å². The molecule has 1 aliphatic rings. The van der Waals surface area contributed by atoms with E-state index in [9.17, 15) is 4.79 Å². The first kappa shape index (κ1) is 17.1. The summed E-state index contributed by atoms with van der Waals surface area (Å²) in [7, 11) is 1.59. The Kier molecular flexibility index (Phi) is 6.23. The first-order chi connectivity index (χ1) is 11.1. The van der Waals surface area contributed by atoms with Gasteiger partial charge in [-0.25, -0.2) is 0 Å². The Bertz CT molecular complexity index is 582. The predicted molar refractivity (Wildman–Crippen MR) is 89.7 cm³/mol. The van der Waals surface area contributed by atoms with E-state index in [2.05, 4.69) is 6.58 Å². The zero-order valence-electron chi connectivity index (χ0n) is 13.7. The minimum Gasteiger partial charge on any atom is -0.493 e. The molecule has 1 amide bonds. The highest BCUT2D eigenvalue weighted by Gasteiger charge is 2.19. The number of rotatable bonds is 6. The third-order valence-corrected chi connectivity index (χ3v) is 3.52. The van der Waals surface area contributed by atoms with E-state index in [1.165, 1.54) is 0 Å². The van der Waals surface area contributed by atoms with Gasteiger partial charge in [-0.3, -0.25) is 4.79 Å². The van der Waals surface area contributed by atoms with Gasteiger partial charge in [0.25, 0.3) is 0 Å². The second kappa shape index (κ2) is 8.39. The van der Waals surface area contributed by atoms with Crippen molar-refractivity contribution in [2.75, 3.05) is 33.4 Å². The van der Waals surface area contributed by atoms with Crippen molar-refractivity contribution < 1.29 is 19.0 Å². The molecular formula is C18H23NO4. The lowest BCUT2D eigenvalue weighted by Gasteiger charge is -2.30. The fourth-order valence-corrected chi connectivity index (χ4v) is 2.35. The number of benzene rings is 1. The molecule has 1 heterocycles.